The van der Waals surface area contributed by atoms with Gasteiger partial charge in [0, 0.05) is 17.4 Å². The van der Waals surface area contributed by atoms with Gasteiger partial charge in [-0.3, -0.25) is 9.20 Å². The number of carbonyl (C=O) groups excluding carboxylic acids is 1. The first-order valence-electron chi connectivity index (χ1n) is 8.64. The number of nitrogens with zero attached hydrogens (tertiary/aromatic N) is 3. The molecule has 27 heavy (non-hydrogen) atoms. The maximum atomic E-state index is 12.8. The number of nitrogens with one attached hydrogen (secondary N) is 1. The SMILES string of the molecule is C[C@H](Sc1nnc2ccccn12)C(=O)Nc1ccccc1-c1ccccc1. The Balaban J connectivity index is 1.53. The zero-order chi connectivity index (χ0) is 18.6. The van der Waals surface area contributed by atoms with Gasteiger partial charge in [-0.2, -0.15) is 0 Å². The average molecular weight is 374 g/mol. The molecule has 0 saturated carbocycles. The maximum Gasteiger partial charge on any atom is 0.237 e. The molecule has 1 N–H and O–H groups in total. The van der Waals surface area contributed by atoms with E-state index in [1.165, 1.54) is 11.8 Å². The molecule has 2 heterocycles. The molecule has 4 aromatic rings. The highest BCUT2D eigenvalue weighted by atomic mass is 32.2. The number of hydrogen-bond donors (Lipinski definition) is 1. The minimum Gasteiger partial charge on any atom is -0.325 e. The van der Waals surface area contributed by atoms with Crippen LogP contribution in [0.25, 0.3) is 16.8 Å². The van der Waals surface area contributed by atoms with E-state index in [1.807, 2.05) is 90.3 Å². The van der Waals surface area contributed by atoms with Gasteiger partial charge >= 0.3 is 0 Å². The summed E-state index contributed by atoms with van der Waals surface area (Å²) in [6, 6.07) is 23.6. The standard InChI is InChI=1S/C21H18N4OS/c1-15(27-21-24-23-19-13-7-8-14-25(19)21)20(26)22-18-12-6-5-11-17(18)16-9-3-2-4-10-16/h2-15H,1H3,(H,22,26)/t15-/m0/s1. The van der Waals surface area contributed by atoms with E-state index in [-0.39, 0.29) is 11.2 Å². The number of pyridine rings is 1. The fourth-order valence-electron chi connectivity index (χ4n) is 2.81. The van der Waals surface area contributed by atoms with E-state index in [9.17, 15) is 4.79 Å². The predicted molar refractivity (Wildman–Crippen MR) is 109 cm³/mol. The van der Waals surface area contributed by atoms with Crippen LogP contribution in [0.4, 0.5) is 5.69 Å². The van der Waals surface area contributed by atoms with Crippen molar-refractivity contribution in [3.05, 3.63) is 79.0 Å². The van der Waals surface area contributed by atoms with Crippen molar-refractivity contribution < 1.29 is 4.79 Å². The van der Waals surface area contributed by atoms with Crippen molar-refractivity contribution in [1.82, 2.24) is 14.6 Å². The number of anilines is 1. The van der Waals surface area contributed by atoms with Gasteiger partial charge < -0.3 is 5.32 Å². The first-order chi connectivity index (χ1) is 13.2. The Labute approximate surface area is 161 Å². The second kappa shape index (κ2) is 7.63. The molecule has 0 aliphatic rings. The Morgan fingerprint density at radius 3 is 2.56 bits per heavy atom. The molecule has 6 heteroatoms. The van der Waals surface area contributed by atoms with E-state index in [1.54, 1.807) is 0 Å². The Bertz CT molecular complexity index is 1080. The van der Waals surface area contributed by atoms with Gasteiger partial charge in [-0.25, -0.2) is 0 Å². The van der Waals surface area contributed by atoms with Crippen molar-refractivity contribution in [3.8, 4) is 11.1 Å². The summed E-state index contributed by atoms with van der Waals surface area (Å²) in [6.07, 6.45) is 1.90. The molecule has 0 aliphatic carbocycles. The third-order valence-electron chi connectivity index (χ3n) is 4.20. The Morgan fingerprint density at radius 1 is 0.963 bits per heavy atom. The summed E-state index contributed by atoms with van der Waals surface area (Å²) in [5.74, 6) is -0.0731. The van der Waals surface area contributed by atoms with Gasteiger partial charge in [0.05, 0.1) is 5.25 Å². The molecule has 2 aromatic heterocycles. The molecule has 0 saturated heterocycles. The smallest absolute Gasteiger partial charge is 0.237 e. The summed E-state index contributed by atoms with van der Waals surface area (Å²) in [4.78, 5) is 12.8. The van der Waals surface area contributed by atoms with Crippen LogP contribution in [0.1, 0.15) is 6.92 Å². The lowest BCUT2D eigenvalue weighted by Crippen LogP contribution is -2.23. The van der Waals surface area contributed by atoms with Crippen LogP contribution in [0, 0.1) is 0 Å². The molecular weight excluding hydrogens is 356 g/mol. The van der Waals surface area contributed by atoms with Crippen LogP contribution in [-0.4, -0.2) is 25.8 Å². The minimum atomic E-state index is -0.318. The lowest BCUT2D eigenvalue weighted by atomic mass is 10.0. The molecule has 1 atom stereocenters. The van der Waals surface area contributed by atoms with Gasteiger partial charge in [-0.15, -0.1) is 10.2 Å². The molecule has 4 rings (SSSR count). The molecule has 134 valence electrons. The number of carbonyl (C=O) groups is 1. The molecule has 5 nitrogen and oxygen atoms in total. The highest BCUT2D eigenvalue weighted by Gasteiger charge is 2.19. The van der Waals surface area contributed by atoms with Crippen molar-refractivity contribution in [2.75, 3.05) is 5.32 Å². The van der Waals surface area contributed by atoms with Gasteiger partial charge in [0.1, 0.15) is 0 Å². The summed E-state index contributed by atoms with van der Waals surface area (Å²) in [7, 11) is 0. The topological polar surface area (TPSA) is 59.3 Å². The number of rotatable bonds is 5. The van der Waals surface area contributed by atoms with Crippen LogP contribution in [0.2, 0.25) is 0 Å². The minimum absolute atomic E-state index is 0.0731. The summed E-state index contributed by atoms with van der Waals surface area (Å²) >= 11 is 1.39. The average Bonchev–Trinajstić information content (AvgIpc) is 3.12. The van der Waals surface area contributed by atoms with E-state index in [0.717, 1.165) is 22.5 Å². The molecule has 0 bridgehead atoms. The Kier molecular flexibility index (Phi) is 4.89. The number of fused-ring (bicyclic) bond motifs is 1. The maximum absolute atomic E-state index is 12.8. The van der Waals surface area contributed by atoms with E-state index in [4.69, 9.17) is 0 Å². The molecule has 0 unspecified atom stereocenters. The zero-order valence-corrected chi connectivity index (χ0v) is 15.6. The van der Waals surface area contributed by atoms with Gasteiger partial charge in [0.25, 0.3) is 0 Å². The second-order valence-corrected chi connectivity index (χ2v) is 7.38. The Hall–Kier alpha value is -3.12. The van der Waals surface area contributed by atoms with Crippen LogP contribution in [0.5, 0.6) is 0 Å². The summed E-state index contributed by atoms with van der Waals surface area (Å²) in [5.41, 5.74) is 3.63. The normalized spacial score (nSPS) is 12.0. The largest absolute Gasteiger partial charge is 0.325 e. The van der Waals surface area contributed by atoms with Crippen LogP contribution in [0.15, 0.2) is 84.1 Å². The van der Waals surface area contributed by atoms with Crippen molar-refractivity contribution in [1.29, 1.82) is 0 Å². The fraction of sp³-hybridized carbons (Fsp3) is 0.0952. The van der Waals surface area contributed by atoms with Crippen LogP contribution in [-0.2, 0) is 4.79 Å². The molecule has 1 amide bonds. The van der Waals surface area contributed by atoms with Crippen molar-refractivity contribution in [2.45, 2.75) is 17.3 Å². The monoisotopic (exact) mass is 374 g/mol. The fourth-order valence-corrected chi connectivity index (χ4v) is 3.65. The van der Waals surface area contributed by atoms with Gasteiger partial charge in [-0.05, 0) is 30.7 Å². The summed E-state index contributed by atoms with van der Waals surface area (Å²) < 4.78 is 1.88. The van der Waals surface area contributed by atoms with Crippen molar-refractivity contribution >= 4 is 29.0 Å². The number of amides is 1. The first-order valence-corrected chi connectivity index (χ1v) is 9.52. The van der Waals surface area contributed by atoms with E-state index in [0.29, 0.717) is 5.16 Å². The van der Waals surface area contributed by atoms with Crippen LogP contribution < -0.4 is 5.32 Å². The molecular formula is C21H18N4OS. The molecule has 0 aliphatic heterocycles. The summed E-state index contributed by atoms with van der Waals surface area (Å²) in [5, 5.41) is 11.7. The van der Waals surface area contributed by atoms with Crippen LogP contribution >= 0.6 is 11.8 Å². The van der Waals surface area contributed by atoms with Gasteiger partial charge in [-0.1, -0.05) is 66.4 Å². The summed E-state index contributed by atoms with van der Waals surface area (Å²) in [6.45, 7) is 1.87. The highest BCUT2D eigenvalue weighted by molar-refractivity contribution is 8.00. The van der Waals surface area contributed by atoms with E-state index < -0.39 is 0 Å². The van der Waals surface area contributed by atoms with Crippen LogP contribution in [0.3, 0.4) is 0 Å². The molecule has 0 spiro atoms. The number of hydrogen-bond acceptors (Lipinski definition) is 4. The molecule has 2 aromatic carbocycles. The van der Waals surface area contributed by atoms with Crippen molar-refractivity contribution in [2.24, 2.45) is 0 Å². The van der Waals surface area contributed by atoms with Gasteiger partial charge in [0.15, 0.2) is 10.8 Å². The van der Waals surface area contributed by atoms with Crippen molar-refractivity contribution in [3.63, 3.8) is 0 Å². The number of para-hydroxylation sites is 1. The zero-order valence-electron chi connectivity index (χ0n) is 14.7. The molecule has 0 fully saturated rings. The van der Waals surface area contributed by atoms with Gasteiger partial charge in [0.2, 0.25) is 5.91 Å². The third-order valence-corrected chi connectivity index (χ3v) is 5.26. The predicted octanol–water partition coefficient (Wildman–Crippen LogP) is 4.52. The Morgan fingerprint density at radius 2 is 1.70 bits per heavy atom. The molecule has 0 radical (unpaired) electrons. The second-order valence-electron chi connectivity index (χ2n) is 6.07. The first kappa shape index (κ1) is 17.3. The number of benzene rings is 2. The van der Waals surface area contributed by atoms with E-state index >= 15 is 0 Å². The lowest BCUT2D eigenvalue weighted by Gasteiger charge is -2.14. The quantitative estimate of drug-likeness (QED) is 0.522. The number of aromatic nitrogens is 3. The third kappa shape index (κ3) is 3.71. The van der Waals surface area contributed by atoms with E-state index in [2.05, 4.69) is 15.5 Å². The lowest BCUT2D eigenvalue weighted by molar-refractivity contribution is -0.115. The highest BCUT2D eigenvalue weighted by Crippen LogP contribution is 2.29. The number of thioether (sulfide) groups is 1.